The van der Waals surface area contributed by atoms with Crippen LogP contribution in [0.1, 0.15) is 19.4 Å². The quantitative estimate of drug-likeness (QED) is 0.260. The van der Waals surface area contributed by atoms with Crippen LogP contribution in [0.3, 0.4) is 0 Å². The Morgan fingerprint density at radius 3 is 2.17 bits per heavy atom. The van der Waals surface area contributed by atoms with E-state index < -0.39 is 24.1 Å². The molecule has 0 atom stereocenters. The van der Waals surface area contributed by atoms with Crippen molar-refractivity contribution in [2.45, 2.75) is 25.7 Å². The summed E-state index contributed by atoms with van der Waals surface area (Å²) >= 11 is 5.89. The van der Waals surface area contributed by atoms with Crippen molar-refractivity contribution in [3.63, 3.8) is 0 Å². The lowest BCUT2D eigenvalue weighted by molar-refractivity contribution is -0.264. The number of halogens is 1. The molecule has 0 amide bonds. The standard InChI is InChI=1S/C12H18ClO8PS/c1-4-17-20-22(14,21-18-5-2)9-19-23(15,16)12-10(3)7-6-8-11(12)13/h6-8H,4-5,9H2,1-3H3. The molecule has 0 radical (unpaired) electrons. The first-order valence-electron chi connectivity index (χ1n) is 6.61. The average molecular weight is 389 g/mol. The van der Waals surface area contributed by atoms with Gasteiger partial charge in [-0.2, -0.15) is 8.42 Å². The summed E-state index contributed by atoms with van der Waals surface area (Å²) in [5, 5.41) is -0.0173. The Bertz CT molecular complexity index is 631. The highest BCUT2D eigenvalue weighted by atomic mass is 35.5. The van der Waals surface area contributed by atoms with Gasteiger partial charge in [-0.15, -0.1) is 9.35 Å². The summed E-state index contributed by atoms with van der Waals surface area (Å²) in [6.07, 6.45) is -0.931. The fraction of sp³-hybridized carbons (Fsp3) is 0.500. The highest BCUT2D eigenvalue weighted by molar-refractivity contribution is 7.87. The van der Waals surface area contributed by atoms with Crippen LogP contribution in [0.15, 0.2) is 23.1 Å². The zero-order valence-electron chi connectivity index (χ0n) is 12.9. The van der Waals surface area contributed by atoms with E-state index in [1.807, 2.05) is 0 Å². The molecule has 0 saturated carbocycles. The molecule has 0 unspecified atom stereocenters. The minimum Gasteiger partial charge on any atom is -0.253 e. The largest absolute Gasteiger partial charge is 0.411 e. The van der Waals surface area contributed by atoms with E-state index in [1.165, 1.54) is 6.07 Å². The van der Waals surface area contributed by atoms with Crippen LogP contribution in [0.5, 0.6) is 0 Å². The van der Waals surface area contributed by atoms with E-state index in [1.54, 1.807) is 32.9 Å². The molecule has 1 rings (SSSR count). The van der Waals surface area contributed by atoms with E-state index in [9.17, 15) is 13.0 Å². The molecule has 0 aliphatic carbocycles. The molecule has 1 aromatic rings. The van der Waals surface area contributed by atoms with Gasteiger partial charge in [0.15, 0.2) is 6.35 Å². The molecule has 0 spiro atoms. The van der Waals surface area contributed by atoms with Crippen LogP contribution in [0.25, 0.3) is 0 Å². The van der Waals surface area contributed by atoms with Crippen LogP contribution >= 0.6 is 19.2 Å². The zero-order valence-corrected chi connectivity index (χ0v) is 15.3. The molecule has 0 saturated heterocycles. The van der Waals surface area contributed by atoms with Gasteiger partial charge in [0, 0.05) is 0 Å². The third-order valence-corrected chi connectivity index (χ3v) is 5.53. The van der Waals surface area contributed by atoms with Crippen LogP contribution in [0.2, 0.25) is 5.02 Å². The van der Waals surface area contributed by atoms with E-state index in [-0.39, 0.29) is 23.1 Å². The van der Waals surface area contributed by atoms with Crippen molar-refractivity contribution in [1.29, 1.82) is 0 Å². The zero-order chi connectivity index (χ0) is 17.5. The van der Waals surface area contributed by atoms with E-state index in [0.29, 0.717) is 5.56 Å². The second-order valence-electron chi connectivity index (χ2n) is 4.16. The van der Waals surface area contributed by atoms with E-state index in [4.69, 9.17) is 15.8 Å². The molecule has 132 valence electrons. The SMILES string of the molecule is CCOOP(=O)(COS(=O)(=O)c1c(C)cccc1Cl)OOCC. The first-order valence-corrected chi connectivity index (χ1v) is 10.1. The van der Waals surface area contributed by atoms with Gasteiger partial charge in [0.05, 0.1) is 18.2 Å². The second-order valence-corrected chi connectivity index (χ2v) is 7.90. The van der Waals surface area contributed by atoms with Gasteiger partial charge >= 0.3 is 7.60 Å². The lowest BCUT2D eigenvalue weighted by Gasteiger charge is -2.16. The number of benzene rings is 1. The van der Waals surface area contributed by atoms with Gasteiger partial charge in [-0.25, -0.2) is 9.78 Å². The lowest BCUT2D eigenvalue weighted by Crippen LogP contribution is -2.12. The summed E-state index contributed by atoms with van der Waals surface area (Å²) in [5.41, 5.74) is 0.379. The summed E-state index contributed by atoms with van der Waals surface area (Å²) in [5.74, 6) is 0. The van der Waals surface area contributed by atoms with Gasteiger partial charge in [0.2, 0.25) is 0 Å². The van der Waals surface area contributed by atoms with E-state index in [0.717, 1.165) is 0 Å². The average Bonchev–Trinajstić information content (AvgIpc) is 2.49. The minimum absolute atomic E-state index is 0.0173. The molecule has 0 fully saturated rings. The molecule has 0 bridgehead atoms. The predicted octanol–water partition coefficient (Wildman–Crippen LogP) is 3.44. The van der Waals surface area contributed by atoms with Crippen molar-refractivity contribution in [2.24, 2.45) is 0 Å². The van der Waals surface area contributed by atoms with Crippen LogP contribution in [0, 0.1) is 6.92 Å². The molecular formula is C12H18ClO8PS. The number of aryl methyl sites for hydroxylation is 1. The van der Waals surface area contributed by atoms with Crippen LogP contribution in [-0.4, -0.2) is 28.0 Å². The maximum atomic E-state index is 12.3. The second kappa shape index (κ2) is 9.10. The van der Waals surface area contributed by atoms with Crippen molar-refractivity contribution < 1.29 is 36.3 Å². The molecule has 0 aromatic heterocycles. The smallest absolute Gasteiger partial charge is 0.253 e. The van der Waals surface area contributed by atoms with Gasteiger partial charge in [0.1, 0.15) is 4.90 Å². The van der Waals surface area contributed by atoms with E-state index in [2.05, 4.69) is 19.1 Å². The highest BCUT2D eigenvalue weighted by Gasteiger charge is 2.33. The minimum atomic E-state index is -4.28. The summed E-state index contributed by atoms with van der Waals surface area (Å²) in [7, 11) is -8.37. The van der Waals surface area contributed by atoms with Crippen LogP contribution < -0.4 is 0 Å². The molecule has 0 aliphatic heterocycles. The topological polar surface area (TPSA) is 97.4 Å². The highest BCUT2D eigenvalue weighted by Crippen LogP contribution is 2.49. The number of rotatable bonds is 10. The lowest BCUT2D eigenvalue weighted by atomic mass is 10.2. The number of hydrogen-bond donors (Lipinski definition) is 0. The van der Waals surface area contributed by atoms with Crippen molar-refractivity contribution in [3.8, 4) is 0 Å². The van der Waals surface area contributed by atoms with Crippen LogP contribution in [0.4, 0.5) is 0 Å². The van der Waals surface area contributed by atoms with Crippen molar-refractivity contribution in [2.75, 3.05) is 19.6 Å². The monoisotopic (exact) mass is 388 g/mol. The van der Waals surface area contributed by atoms with Crippen LogP contribution in [-0.2, 0) is 38.0 Å². The molecule has 11 heteroatoms. The molecule has 23 heavy (non-hydrogen) atoms. The molecule has 0 N–H and O–H groups in total. The third-order valence-electron chi connectivity index (χ3n) is 2.35. The van der Waals surface area contributed by atoms with Gasteiger partial charge in [-0.05, 0) is 32.4 Å². The Balaban J connectivity index is 2.93. The van der Waals surface area contributed by atoms with Gasteiger partial charge in [-0.1, -0.05) is 23.7 Å². The summed E-state index contributed by atoms with van der Waals surface area (Å²) in [6, 6.07) is 4.55. The summed E-state index contributed by atoms with van der Waals surface area (Å²) < 4.78 is 50.6. The Labute approximate surface area is 140 Å². The molecule has 0 aliphatic rings. The first-order chi connectivity index (χ1) is 10.8. The Hall–Kier alpha value is -0.510. The van der Waals surface area contributed by atoms with Gasteiger partial charge in [-0.3, -0.25) is 8.75 Å². The third kappa shape index (κ3) is 6.13. The predicted molar refractivity (Wildman–Crippen MR) is 82.4 cm³/mol. The maximum Gasteiger partial charge on any atom is 0.411 e. The van der Waals surface area contributed by atoms with Gasteiger partial charge in [0.25, 0.3) is 10.1 Å². The molecule has 1 aromatic carbocycles. The van der Waals surface area contributed by atoms with E-state index >= 15 is 0 Å². The normalized spacial score (nSPS) is 12.5. The molecule has 0 heterocycles. The number of hydrogen-bond acceptors (Lipinski definition) is 8. The summed E-state index contributed by atoms with van der Waals surface area (Å²) in [6.45, 7) is 4.84. The van der Waals surface area contributed by atoms with Gasteiger partial charge < -0.3 is 0 Å². The Morgan fingerprint density at radius 2 is 1.70 bits per heavy atom. The fourth-order valence-electron chi connectivity index (χ4n) is 1.45. The van der Waals surface area contributed by atoms with Crippen molar-refractivity contribution >= 4 is 29.3 Å². The first kappa shape index (κ1) is 20.5. The fourth-order valence-corrected chi connectivity index (χ4v) is 4.55. The molecular weight excluding hydrogens is 371 g/mol. The molecule has 8 nitrogen and oxygen atoms in total. The maximum absolute atomic E-state index is 12.3. The Morgan fingerprint density at radius 1 is 1.13 bits per heavy atom. The van der Waals surface area contributed by atoms with Crippen molar-refractivity contribution in [1.82, 2.24) is 0 Å². The van der Waals surface area contributed by atoms with Crippen molar-refractivity contribution in [3.05, 3.63) is 28.8 Å². The Kier molecular flexibility index (Phi) is 8.12. The summed E-state index contributed by atoms with van der Waals surface area (Å²) in [4.78, 5) is 8.87.